The molecule has 0 saturated carbocycles. The van der Waals surface area contributed by atoms with Crippen LogP contribution < -0.4 is 0 Å². The molecule has 0 aliphatic heterocycles. The van der Waals surface area contributed by atoms with Crippen LogP contribution in [-0.4, -0.2) is 69.0 Å². The zero-order valence-corrected chi connectivity index (χ0v) is 34.5. The van der Waals surface area contributed by atoms with E-state index in [2.05, 4.69) is 38.8 Å². The number of alkyl halides is 9. The van der Waals surface area contributed by atoms with Crippen LogP contribution in [0.15, 0.2) is 0 Å². The van der Waals surface area contributed by atoms with Gasteiger partial charge in [-0.05, 0) is 47.0 Å². The molecule has 4 nitrogen and oxygen atoms in total. The Morgan fingerprint density at radius 1 is 0.434 bits per heavy atom. The number of hydrogen-bond donors (Lipinski definition) is 0. The van der Waals surface area contributed by atoms with E-state index >= 15 is 0 Å². The van der Waals surface area contributed by atoms with Crippen LogP contribution in [0.4, 0.5) is 39.5 Å². The maximum absolute atomic E-state index is 14.1. The molecule has 0 spiro atoms. The number of rotatable bonds is 34. The average Bonchev–Trinajstić information content (AvgIpc) is 3.09. The molecule has 0 heterocycles. The lowest BCUT2D eigenvalue weighted by molar-refractivity contribution is -0.921. The molecule has 0 radical (unpaired) electrons. The fraction of sp³-hybridized carbons (Fsp3) is 1.00. The van der Waals surface area contributed by atoms with Crippen LogP contribution in [0.2, 0.25) is 0 Å². The van der Waals surface area contributed by atoms with Crippen LogP contribution >= 0.6 is 0 Å². The molecule has 0 aliphatic rings. The van der Waals surface area contributed by atoms with Crippen LogP contribution in [0, 0.1) is 0 Å². The Hall–Kier alpha value is -0.760. The minimum absolute atomic E-state index is 0.000701. The molecule has 322 valence electrons. The molecule has 0 aromatic heterocycles. The van der Waals surface area contributed by atoms with Crippen molar-refractivity contribution in [2.45, 2.75) is 218 Å². The van der Waals surface area contributed by atoms with Crippen molar-refractivity contribution in [3.8, 4) is 0 Å². The van der Waals surface area contributed by atoms with Gasteiger partial charge < -0.3 is 4.48 Å². The van der Waals surface area contributed by atoms with Crippen LogP contribution in [0.5, 0.6) is 0 Å². The number of hydrogen-bond acceptors (Lipinski definition) is 3. The molecule has 0 amide bonds. The zero-order chi connectivity index (χ0) is 40.9. The van der Waals surface area contributed by atoms with Gasteiger partial charge in [-0.3, -0.25) is 4.18 Å². The Morgan fingerprint density at radius 2 is 0.736 bits per heavy atom. The first-order chi connectivity index (χ1) is 24.8. The molecule has 0 N–H and O–H groups in total. The van der Waals surface area contributed by atoms with Crippen molar-refractivity contribution in [1.29, 1.82) is 0 Å². The van der Waals surface area contributed by atoms with Crippen molar-refractivity contribution in [3.05, 3.63) is 0 Å². The SMILES string of the molecule is CCCCCCCCCCCCCCCCCCCCOS(=O)(=O)C(F)(F)C(F)(F)C(F)(F)CCCCCCCC(F)(F)F.CC[N+](CC)(CC)CC. The molecule has 0 saturated heterocycles. The Labute approximate surface area is 317 Å². The van der Waals surface area contributed by atoms with Gasteiger partial charge in [0, 0.05) is 12.8 Å². The van der Waals surface area contributed by atoms with Gasteiger partial charge in [-0.25, -0.2) is 0 Å². The first kappa shape index (κ1) is 54.3. The number of unbranched alkanes of at least 4 members (excludes halogenated alkanes) is 21. The lowest BCUT2D eigenvalue weighted by Gasteiger charge is -2.34. The van der Waals surface area contributed by atoms with Gasteiger partial charge in [0.25, 0.3) is 0 Å². The zero-order valence-electron chi connectivity index (χ0n) is 33.7. The van der Waals surface area contributed by atoms with Gasteiger partial charge in [-0.1, -0.05) is 135 Å². The van der Waals surface area contributed by atoms with Crippen LogP contribution in [-0.2, 0) is 14.3 Å². The largest absolute Gasteiger partial charge is 0.438 e. The van der Waals surface area contributed by atoms with Crippen LogP contribution in [0.1, 0.15) is 195 Å². The summed E-state index contributed by atoms with van der Waals surface area (Å²) in [6.45, 7) is 15.6. The summed E-state index contributed by atoms with van der Waals surface area (Å²) in [5.41, 5.74) is 0. The lowest BCUT2D eigenvalue weighted by Crippen LogP contribution is -2.58. The maximum atomic E-state index is 14.1. The highest BCUT2D eigenvalue weighted by Crippen LogP contribution is 2.50. The highest BCUT2D eigenvalue weighted by atomic mass is 32.2. The normalized spacial score (nSPS) is 13.3. The molecule has 0 fully saturated rings. The summed E-state index contributed by atoms with van der Waals surface area (Å²) in [6.07, 6.45) is 10.8. The molecule has 0 aromatic carbocycles. The summed E-state index contributed by atoms with van der Waals surface area (Å²) in [4.78, 5) is 0. The van der Waals surface area contributed by atoms with Gasteiger partial charge in [0.15, 0.2) is 0 Å². The van der Waals surface area contributed by atoms with Crippen molar-refractivity contribution < 1.29 is 56.6 Å². The average molecular weight is 809 g/mol. The van der Waals surface area contributed by atoms with Gasteiger partial charge in [-0.2, -0.15) is 47.9 Å². The molecular weight excluding hydrogens is 733 g/mol. The quantitative estimate of drug-likeness (QED) is 0.0281. The second kappa shape index (κ2) is 29.5. The monoisotopic (exact) mass is 809 g/mol. The van der Waals surface area contributed by atoms with E-state index in [0.717, 1.165) is 25.7 Å². The highest BCUT2D eigenvalue weighted by Gasteiger charge is 2.77. The molecule has 0 atom stereocenters. The minimum Gasteiger partial charge on any atom is -0.325 e. The molecule has 0 rings (SSSR count). The molecule has 0 aromatic rings. The molecular formula is C39H75F9NO3S+. The predicted molar refractivity (Wildman–Crippen MR) is 199 cm³/mol. The van der Waals surface area contributed by atoms with Crippen LogP contribution in [0.25, 0.3) is 0 Å². The van der Waals surface area contributed by atoms with E-state index in [0.29, 0.717) is 12.8 Å². The van der Waals surface area contributed by atoms with E-state index < -0.39 is 59.3 Å². The van der Waals surface area contributed by atoms with Crippen molar-refractivity contribution in [2.24, 2.45) is 0 Å². The third kappa shape index (κ3) is 23.8. The summed E-state index contributed by atoms with van der Waals surface area (Å²) in [7, 11) is -6.35. The Bertz CT molecular complexity index is 943. The van der Waals surface area contributed by atoms with Gasteiger partial charge >= 0.3 is 33.4 Å². The topological polar surface area (TPSA) is 43.4 Å². The Kier molecular flexibility index (Phi) is 30.2. The standard InChI is InChI=1S/C31H55F9O3S.C8H20N/c1-2-3-4-5-6-7-8-9-10-11-12-13-14-15-16-17-21-24-27-43-44(41,42)31(39,40)30(37,38)28(32,33)25-22-19-18-20-23-26-29(34,35)36;1-5-9(6-2,7-3)8-4/h2-27H2,1H3;5-8H2,1-4H3/q;+1. The van der Waals surface area contributed by atoms with E-state index in [1.807, 2.05) is 0 Å². The third-order valence-corrected chi connectivity index (χ3v) is 11.9. The van der Waals surface area contributed by atoms with E-state index in [1.165, 1.54) is 101 Å². The van der Waals surface area contributed by atoms with E-state index in [-0.39, 0.29) is 32.1 Å². The van der Waals surface area contributed by atoms with Gasteiger partial charge in [0.1, 0.15) is 0 Å². The van der Waals surface area contributed by atoms with Crippen LogP contribution in [0.3, 0.4) is 0 Å². The molecule has 0 aliphatic carbocycles. The second-order valence-corrected chi connectivity index (χ2v) is 16.2. The summed E-state index contributed by atoms with van der Waals surface area (Å²) in [5, 5.41) is -6.16. The first-order valence-corrected chi connectivity index (χ1v) is 22.1. The second-order valence-electron chi connectivity index (χ2n) is 14.6. The Balaban J connectivity index is 0. The smallest absolute Gasteiger partial charge is 0.325 e. The third-order valence-electron chi connectivity index (χ3n) is 10.5. The summed E-state index contributed by atoms with van der Waals surface area (Å²) < 4.78 is 150. The fourth-order valence-electron chi connectivity index (χ4n) is 6.32. The number of quaternary nitrogens is 1. The number of nitrogens with zero attached hydrogens (tertiary/aromatic N) is 1. The van der Waals surface area contributed by atoms with Gasteiger partial charge in [0.2, 0.25) is 0 Å². The van der Waals surface area contributed by atoms with Gasteiger partial charge in [0.05, 0.1) is 32.8 Å². The molecule has 0 bridgehead atoms. The summed E-state index contributed by atoms with van der Waals surface area (Å²) in [5.74, 6) is -11.6. The summed E-state index contributed by atoms with van der Waals surface area (Å²) >= 11 is 0. The van der Waals surface area contributed by atoms with E-state index in [4.69, 9.17) is 0 Å². The van der Waals surface area contributed by atoms with Crippen molar-refractivity contribution in [1.82, 2.24) is 0 Å². The lowest BCUT2D eigenvalue weighted by atomic mass is 10.0. The molecule has 14 heteroatoms. The van der Waals surface area contributed by atoms with E-state index in [1.54, 1.807) is 0 Å². The van der Waals surface area contributed by atoms with E-state index in [9.17, 15) is 47.9 Å². The predicted octanol–water partition coefficient (Wildman–Crippen LogP) is 14.4. The fourth-order valence-corrected chi connectivity index (χ4v) is 7.27. The van der Waals surface area contributed by atoms with Crippen molar-refractivity contribution in [3.63, 3.8) is 0 Å². The number of halogens is 9. The Morgan fingerprint density at radius 3 is 1.04 bits per heavy atom. The highest BCUT2D eigenvalue weighted by molar-refractivity contribution is 7.87. The van der Waals surface area contributed by atoms with Crippen molar-refractivity contribution in [2.75, 3.05) is 32.8 Å². The van der Waals surface area contributed by atoms with Crippen molar-refractivity contribution >= 4 is 10.1 Å². The first-order valence-electron chi connectivity index (χ1n) is 20.7. The molecule has 0 unspecified atom stereocenters. The minimum atomic E-state index is -6.35. The summed E-state index contributed by atoms with van der Waals surface area (Å²) in [6, 6.07) is 0. The van der Waals surface area contributed by atoms with Gasteiger partial charge in [-0.15, -0.1) is 0 Å². The maximum Gasteiger partial charge on any atom is 0.438 e. The molecule has 53 heavy (non-hydrogen) atoms.